The minimum atomic E-state index is -3.90. The van der Waals surface area contributed by atoms with Crippen LogP contribution in [0.5, 0.6) is 5.75 Å². The first-order valence-electron chi connectivity index (χ1n) is 9.56. The van der Waals surface area contributed by atoms with E-state index in [0.717, 1.165) is 17.4 Å². The number of hydrogen-bond acceptors (Lipinski definition) is 7. The zero-order chi connectivity index (χ0) is 23.3. The maximum Gasteiger partial charge on any atom is 0.268 e. The number of aromatic nitrogens is 3. The summed E-state index contributed by atoms with van der Waals surface area (Å²) in [5.74, 6) is 0.647. The summed E-state index contributed by atoms with van der Waals surface area (Å²) in [6, 6.07) is 7.88. The molecule has 0 aliphatic rings. The van der Waals surface area contributed by atoms with Crippen LogP contribution >= 0.6 is 0 Å². The number of sulfone groups is 1. The van der Waals surface area contributed by atoms with Gasteiger partial charge >= 0.3 is 0 Å². The van der Waals surface area contributed by atoms with Crippen molar-refractivity contribution < 1.29 is 21.6 Å². The molecule has 0 unspecified atom stereocenters. The van der Waals surface area contributed by atoms with E-state index >= 15 is 0 Å². The SMILES string of the molecule is COc1c(C)cc(S(=O)(=O)n2ccc3c(-c4ccc(S(C)(=O)=O)cn4)cncc32)cc1C. The largest absolute Gasteiger partial charge is 0.496 e. The Morgan fingerprint density at radius 2 is 1.59 bits per heavy atom. The predicted molar refractivity (Wildman–Crippen MR) is 121 cm³/mol. The molecule has 0 radical (unpaired) electrons. The first-order chi connectivity index (χ1) is 15.0. The summed E-state index contributed by atoms with van der Waals surface area (Å²) in [7, 11) is -5.72. The normalized spacial score (nSPS) is 12.2. The fourth-order valence-corrected chi connectivity index (χ4v) is 5.76. The Hall–Kier alpha value is -3.24. The van der Waals surface area contributed by atoms with Crippen LogP contribution < -0.4 is 4.74 Å². The number of benzene rings is 1. The Kier molecular flexibility index (Phi) is 5.30. The number of hydrogen-bond donors (Lipinski definition) is 0. The standard InChI is InChI=1S/C22H21N3O5S2/c1-14-9-17(10-15(2)22(14)30-3)32(28,29)25-8-7-18-19(12-23-13-21(18)25)20-6-5-16(11-24-20)31(4,26)27/h5-13H,1-4H3. The molecule has 32 heavy (non-hydrogen) atoms. The molecule has 0 aliphatic carbocycles. The molecule has 0 saturated heterocycles. The van der Waals surface area contributed by atoms with Gasteiger partial charge in [-0.15, -0.1) is 0 Å². The molecule has 0 spiro atoms. The van der Waals surface area contributed by atoms with E-state index in [2.05, 4.69) is 9.97 Å². The summed E-state index contributed by atoms with van der Waals surface area (Å²) in [5.41, 5.74) is 2.91. The van der Waals surface area contributed by atoms with Gasteiger partial charge in [-0.05, 0) is 55.3 Å². The lowest BCUT2D eigenvalue weighted by atomic mass is 10.1. The number of rotatable bonds is 5. The van der Waals surface area contributed by atoms with Gasteiger partial charge in [0.2, 0.25) is 0 Å². The molecule has 0 saturated carbocycles. The Balaban J connectivity index is 1.85. The van der Waals surface area contributed by atoms with Crippen molar-refractivity contribution in [3.8, 4) is 17.0 Å². The Morgan fingerprint density at radius 1 is 0.906 bits per heavy atom. The summed E-state index contributed by atoms with van der Waals surface area (Å²) in [4.78, 5) is 8.69. The Morgan fingerprint density at radius 3 is 2.16 bits per heavy atom. The van der Waals surface area contributed by atoms with Gasteiger partial charge in [0.25, 0.3) is 10.0 Å². The molecule has 0 aliphatic heterocycles. The molecule has 166 valence electrons. The molecule has 0 N–H and O–H groups in total. The highest BCUT2D eigenvalue weighted by molar-refractivity contribution is 7.90. The van der Waals surface area contributed by atoms with Gasteiger partial charge in [-0.1, -0.05) is 0 Å². The first kappa shape index (κ1) is 22.0. The number of aryl methyl sites for hydroxylation is 2. The molecular formula is C22H21N3O5S2. The third-order valence-corrected chi connectivity index (χ3v) is 7.98. The van der Waals surface area contributed by atoms with Gasteiger partial charge in [-0.25, -0.2) is 20.8 Å². The van der Waals surface area contributed by atoms with E-state index in [1.165, 1.54) is 28.6 Å². The van der Waals surface area contributed by atoms with Crippen LogP contribution in [0.25, 0.3) is 22.2 Å². The number of methoxy groups -OCH3 is 1. The van der Waals surface area contributed by atoms with Crippen molar-refractivity contribution in [3.63, 3.8) is 0 Å². The van der Waals surface area contributed by atoms with Crippen molar-refractivity contribution in [2.75, 3.05) is 13.4 Å². The van der Waals surface area contributed by atoms with Crippen LogP contribution in [0.1, 0.15) is 11.1 Å². The summed E-state index contributed by atoms with van der Waals surface area (Å²) in [5, 5.41) is 0.630. The smallest absolute Gasteiger partial charge is 0.268 e. The lowest BCUT2D eigenvalue weighted by molar-refractivity contribution is 0.408. The topological polar surface area (TPSA) is 108 Å². The third kappa shape index (κ3) is 3.65. The molecule has 0 amide bonds. The highest BCUT2D eigenvalue weighted by Crippen LogP contribution is 2.32. The predicted octanol–water partition coefficient (Wildman–Crippen LogP) is 3.36. The van der Waals surface area contributed by atoms with E-state index in [1.54, 1.807) is 51.4 Å². The van der Waals surface area contributed by atoms with Crippen LogP contribution in [0.4, 0.5) is 0 Å². The summed E-state index contributed by atoms with van der Waals surface area (Å²) < 4.78 is 56.8. The highest BCUT2D eigenvalue weighted by atomic mass is 32.2. The second-order valence-corrected chi connectivity index (χ2v) is 11.3. The van der Waals surface area contributed by atoms with E-state index in [-0.39, 0.29) is 9.79 Å². The summed E-state index contributed by atoms with van der Waals surface area (Å²) >= 11 is 0. The molecule has 4 rings (SSSR count). The van der Waals surface area contributed by atoms with Crippen molar-refractivity contribution in [2.24, 2.45) is 0 Å². The van der Waals surface area contributed by atoms with Crippen LogP contribution in [0.3, 0.4) is 0 Å². The number of ether oxygens (including phenoxy) is 1. The van der Waals surface area contributed by atoms with Crippen LogP contribution in [-0.2, 0) is 19.9 Å². The Bertz CT molecular complexity index is 1530. The molecule has 1 aromatic carbocycles. The van der Waals surface area contributed by atoms with Crippen LogP contribution in [0, 0.1) is 13.8 Å². The number of nitrogens with zero attached hydrogens (tertiary/aromatic N) is 3. The zero-order valence-corrected chi connectivity index (χ0v) is 19.5. The lowest BCUT2D eigenvalue weighted by Crippen LogP contribution is -2.12. The first-order valence-corrected chi connectivity index (χ1v) is 12.9. The maximum absolute atomic E-state index is 13.4. The van der Waals surface area contributed by atoms with Gasteiger partial charge in [0, 0.05) is 35.8 Å². The minimum Gasteiger partial charge on any atom is -0.496 e. The third-order valence-electron chi connectivity index (χ3n) is 5.22. The molecule has 10 heteroatoms. The molecule has 0 fully saturated rings. The van der Waals surface area contributed by atoms with Gasteiger partial charge in [0.15, 0.2) is 9.84 Å². The summed E-state index contributed by atoms with van der Waals surface area (Å²) in [6.07, 6.45) is 6.92. The molecule has 0 bridgehead atoms. The second-order valence-electron chi connectivity index (χ2n) is 7.48. The molecule has 3 heterocycles. The zero-order valence-electron chi connectivity index (χ0n) is 17.9. The van der Waals surface area contributed by atoms with Crippen LogP contribution in [0.2, 0.25) is 0 Å². The Labute approximate surface area is 186 Å². The highest BCUT2D eigenvalue weighted by Gasteiger charge is 2.22. The quantitative estimate of drug-likeness (QED) is 0.439. The lowest BCUT2D eigenvalue weighted by Gasteiger charge is -2.13. The van der Waals surface area contributed by atoms with E-state index in [1.807, 2.05) is 0 Å². The number of pyridine rings is 2. The monoisotopic (exact) mass is 471 g/mol. The van der Waals surface area contributed by atoms with E-state index in [0.29, 0.717) is 27.9 Å². The van der Waals surface area contributed by atoms with Crippen molar-refractivity contribution in [2.45, 2.75) is 23.6 Å². The van der Waals surface area contributed by atoms with E-state index < -0.39 is 19.9 Å². The second kappa shape index (κ2) is 7.72. The molecule has 0 atom stereocenters. The fourth-order valence-electron chi connectivity index (χ4n) is 3.70. The van der Waals surface area contributed by atoms with Gasteiger partial charge in [-0.2, -0.15) is 0 Å². The fraction of sp³-hybridized carbons (Fsp3) is 0.182. The van der Waals surface area contributed by atoms with Gasteiger partial charge < -0.3 is 4.74 Å². The van der Waals surface area contributed by atoms with Crippen LogP contribution in [0.15, 0.2) is 64.9 Å². The van der Waals surface area contributed by atoms with Gasteiger partial charge in [-0.3, -0.25) is 9.97 Å². The molecule has 4 aromatic rings. The van der Waals surface area contributed by atoms with E-state index in [9.17, 15) is 16.8 Å². The molecular weight excluding hydrogens is 450 g/mol. The van der Waals surface area contributed by atoms with Crippen molar-refractivity contribution >= 4 is 30.8 Å². The van der Waals surface area contributed by atoms with Crippen molar-refractivity contribution in [1.82, 2.24) is 13.9 Å². The average molecular weight is 472 g/mol. The molecule has 8 nitrogen and oxygen atoms in total. The minimum absolute atomic E-state index is 0.103. The number of fused-ring (bicyclic) bond motifs is 1. The van der Waals surface area contributed by atoms with Gasteiger partial charge in [0.1, 0.15) is 5.75 Å². The maximum atomic E-state index is 13.4. The molecule has 3 aromatic heterocycles. The van der Waals surface area contributed by atoms with Gasteiger partial charge in [0.05, 0.1) is 34.3 Å². The summed E-state index contributed by atoms with van der Waals surface area (Å²) in [6.45, 7) is 3.59. The van der Waals surface area contributed by atoms with Crippen molar-refractivity contribution in [3.05, 3.63) is 66.2 Å². The van der Waals surface area contributed by atoms with E-state index in [4.69, 9.17) is 4.74 Å². The average Bonchev–Trinajstić information content (AvgIpc) is 3.18. The van der Waals surface area contributed by atoms with Crippen LogP contribution in [-0.4, -0.2) is 44.1 Å². The van der Waals surface area contributed by atoms with Crippen molar-refractivity contribution in [1.29, 1.82) is 0 Å².